The Hall–Kier alpha value is -1.82. The molecule has 0 saturated carbocycles. The van der Waals surface area contributed by atoms with Crippen molar-refractivity contribution < 1.29 is 27.8 Å². The molecule has 0 aliphatic rings. The van der Waals surface area contributed by atoms with E-state index in [0.29, 0.717) is 5.56 Å². The van der Waals surface area contributed by atoms with Crippen LogP contribution in [0.3, 0.4) is 0 Å². The van der Waals surface area contributed by atoms with E-state index in [0.717, 1.165) is 11.6 Å². The zero-order valence-electron chi connectivity index (χ0n) is 11.8. The average Bonchev–Trinajstić information content (AvgIpc) is 2.39. The van der Waals surface area contributed by atoms with Crippen molar-refractivity contribution in [2.24, 2.45) is 0 Å². The molecule has 3 nitrogen and oxygen atoms in total. The van der Waals surface area contributed by atoms with Crippen LogP contribution in [-0.2, 0) is 9.53 Å². The number of aliphatic hydroxyl groups is 1. The Morgan fingerprint density at radius 1 is 1.29 bits per heavy atom. The van der Waals surface area contributed by atoms with Crippen molar-refractivity contribution in [3.63, 3.8) is 0 Å². The third-order valence-electron chi connectivity index (χ3n) is 2.88. The van der Waals surface area contributed by atoms with Crippen LogP contribution in [0.4, 0.5) is 13.2 Å². The predicted molar refractivity (Wildman–Crippen MR) is 72.5 cm³/mol. The van der Waals surface area contributed by atoms with Gasteiger partial charge in [0.15, 0.2) is 0 Å². The summed E-state index contributed by atoms with van der Waals surface area (Å²) in [5.41, 5.74) is -1.83. The second-order valence-electron chi connectivity index (χ2n) is 4.60. The highest BCUT2D eigenvalue weighted by Crippen LogP contribution is 2.34. The molecule has 0 radical (unpaired) electrons. The molecular weight excluding hydrogens is 285 g/mol. The molecule has 0 amide bonds. The third-order valence-corrected chi connectivity index (χ3v) is 2.88. The van der Waals surface area contributed by atoms with Crippen LogP contribution in [0.15, 0.2) is 30.3 Å². The van der Waals surface area contributed by atoms with Crippen LogP contribution in [0.1, 0.15) is 24.5 Å². The summed E-state index contributed by atoms with van der Waals surface area (Å²) in [6.07, 6.45) is -3.48. The third kappa shape index (κ3) is 4.32. The first-order valence-corrected chi connectivity index (χ1v) is 6.40. The van der Waals surface area contributed by atoms with Gasteiger partial charge in [0.25, 0.3) is 5.60 Å². The number of carbonyl (C=O) groups excluding carboxylic acids is 1. The Balaban J connectivity index is 2.88. The number of aryl methyl sites for hydroxylation is 1. The predicted octanol–water partition coefficient (Wildman–Crippen LogP) is 3.25. The van der Waals surface area contributed by atoms with E-state index in [1.54, 1.807) is 24.3 Å². The summed E-state index contributed by atoms with van der Waals surface area (Å²) in [7, 11) is 0. The van der Waals surface area contributed by atoms with Gasteiger partial charge in [-0.25, -0.2) is 4.79 Å². The van der Waals surface area contributed by atoms with E-state index in [2.05, 4.69) is 4.74 Å². The van der Waals surface area contributed by atoms with E-state index < -0.39 is 24.2 Å². The number of rotatable bonds is 5. The molecular formula is C15H17F3O3. The average molecular weight is 302 g/mol. The Morgan fingerprint density at radius 3 is 2.33 bits per heavy atom. The minimum Gasteiger partial charge on any atom is -0.464 e. The van der Waals surface area contributed by atoms with E-state index in [9.17, 15) is 23.1 Å². The van der Waals surface area contributed by atoms with Crippen LogP contribution in [0.5, 0.6) is 0 Å². The molecule has 21 heavy (non-hydrogen) atoms. The highest BCUT2D eigenvalue weighted by atomic mass is 19.4. The first-order chi connectivity index (χ1) is 9.70. The second-order valence-corrected chi connectivity index (χ2v) is 4.60. The highest BCUT2D eigenvalue weighted by molar-refractivity contribution is 5.80. The van der Waals surface area contributed by atoms with Crippen LogP contribution >= 0.6 is 0 Å². The Bertz CT molecular complexity index is 506. The van der Waals surface area contributed by atoms with Gasteiger partial charge >= 0.3 is 12.1 Å². The van der Waals surface area contributed by atoms with Crippen LogP contribution in [-0.4, -0.2) is 29.5 Å². The van der Waals surface area contributed by atoms with Gasteiger partial charge in [0.2, 0.25) is 0 Å². The van der Waals surface area contributed by atoms with Gasteiger partial charge in [0, 0.05) is 6.42 Å². The zero-order valence-corrected chi connectivity index (χ0v) is 11.8. The number of carbonyl (C=O) groups is 1. The molecule has 1 aromatic rings. The Morgan fingerprint density at radius 2 is 1.86 bits per heavy atom. The molecule has 0 saturated heterocycles. The summed E-state index contributed by atoms with van der Waals surface area (Å²) >= 11 is 0. The van der Waals surface area contributed by atoms with Crippen LogP contribution < -0.4 is 0 Å². The number of esters is 1. The van der Waals surface area contributed by atoms with Gasteiger partial charge in [-0.15, -0.1) is 0 Å². The molecule has 0 spiro atoms. The summed E-state index contributed by atoms with van der Waals surface area (Å²) in [4.78, 5) is 11.4. The van der Waals surface area contributed by atoms with Crippen molar-refractivity contribution in [1.82, 2.24) is 0 Å². The summed E-state index contributed by atoms with van der Waals surface area (Å²) in [6.45, 7) is 3.02. The SMILES string of the molecule is CCOC(=O)[C@](O)(C/C=C/c1ccc(C)cc1)C(F)(F)F. The number of hydrogen-bond donors (Lipinski definition) is 1. The fraction of sp³-hybridized carbons (Fsp3) is 0.400. The van der Waals surface area contributed by atoms with E-state index in [4.69, 9.17) is 0 Å². The minimum absolute atomic E-state index is 0.237. The standard InChI is InChI=1S/C15H17F3O3/c1-3-21-13(19)14(20,15(16,17)18)10-4-5-12-8-6-11(2)7-9-12/h4-9,20H,3,10H2,1-2H3/b5-4+/t14-/m1/s1. The highest BCUT2D eigenvalue weighted by Gasteiger charge is 2.59. The van der Waals surface area contributed by atoms with Crippen LogP contribution in [0.2, 0.25) is 0 Å². The first kappa shape index (κ1) is 17.2. The summed E-state index contributed by atoms with van der Waals surface area (Å²) < 4.78 is 42.9. The van der Waals surface area contributed by atoms with Crippen LogP contribution in [0.25, 0.3) is 6.08 Å². The summed E-state index contributed by atoms with van der Waals surface area (Å²) in [5.74, 6) is -1.69. The maximum atomic E-state index is 12.9. The molecule has 1 aromatic carbocycles. The van der Waals surface area contributed by atoms with Crippen molar-refractivity contribution in [3.8, 4) is 0 Å². The fourth-order valence-electron chi connectivity index (χ4n) is 1.61. The van der Waals surface area contributed by atoms with Gasteiger partial charge in [0.05, 0.1) is 6.61 Å². The number of ether oxygens (including phenoxy) is 1. The quantitative estimate of drug-likeness (QED) is 0.849. The number of alkyl halides is 3. The summed E-state index contributed by atoms with van der Waals surface area (Å²) in [5, 5.41) is 9.62. The van der Waals surface area contributed by atoms with E-state index in [1.165, 1.54) is 13.0 Å². The molecule has 6 heteroatoms. The first-order valence-electron chi connectivity index (χ1n) is 6.40. The second kappa shape index (κ2) is 6.76. The molecule has 1 rings (SSSR count). The molecule has 116 valence electrons. The van der Waals surface area contributed by atoms with Gasteiger partial charge in [-0.2, -0.15) is 13.2 Å². The number of benzene rings is 1. The van der Waals surface area contributed by atoms with Crippen molar-refractivity contribution in [2.75, 3.05) is 6.61 Å². The molecule has 0 aliphatic heterocycles. The topological polar surface area (TPSA) is 46.5 Å². The Labute approximate surface area is 121 Å². The number of halogens is 3. The van der Waals surface area contributed by atoms with Gasteiger partial charge in [-0.3, -0.25) is 0 Å². The molecule has 0 aliphatic carbocycles. The van der Waals surface area contributed by atoms with Gasteiger partial charge in [-0.1, -0.05) is 42.0 Å². The molecule has 0 bridgehead atoms. The van der Waals surface area contributed by atoms with E-state index >= 15 is 0 Å². The molecule has 1 N–H and O–H groups in total. The van der Waals surface area contributed by atoms with Crippen molar-refractivity contribution >= 4 is 12.0 Å². The normalized spacial score (nSPS) is 15.0. The Kier molecular flexibility index (Phi) is 5.54. The molecule has 0 fully saturated rings. The molecule has 0 unspecified atom stereocenters. The lowest BCUT2D eigenvalue weighted by Gasteiger charge is -2.26. The molecule has 0 aromatic heterocycles. The largest absolute Gasteiger partial charge is 0.464 e. The smallest absolute Gasteiger partial charge is 0.428 e. The monoisotopic (exact) mass is 302 g/mol. The molecule has 0 heterocycles. The zero-order chi connectivity index (χ0) is 16.1. The maximum absolute atomic E-state index is 12.9. The lowest BCUT2D eigenvalue weighted by molar-refractivity contribution is -0.261. The minimum atomic E-state index is -5.10. The van der Waals surface area contributed by atoms with Crippen molar-refractivity contribution in [1.29, 1.82) is 0 Å². The van der Waals surface area contributed by atoms with Crippen molar-refractivity contribution in [3.05, 3.63) is 41.5 Å². The van der Waals surface area contributed by atoms with Gasteiger partial charge in [-0.05, 0) is 19.4 Å². The fourth-order valence-corrected chi connectivity index (χ4v) is 1.61. The summed E-state index contributed by atoms with van der Waals surface area (Å²) in [6, 6.07) is 7.06. The number of hydrogen-bond acceptors (Lipinski definition) is 3. The van der Waals surface area contributed by atoms with E-state index in [-0.39, 0.29) is 6.61 Å². The molecule has 1 atom stereocenters. The lowest BCUT2D eigenvalue weighted by Crippen LogP contribution is -2.52. The van der Waals surface area contributed by atoms with Crippen LogP contribution in [0, 0.1) is 6.92 Å². The van der Waals surface area contributed by atoms with Crippen molar-refractivity contribution in [2.45, 2.75) is 32.0 Å². The maximum Gasteiger partial charge on any atom is 0.428 e. The van der Waals surface area contributed by atoms with E-state index in [1.807, 2.05) is 6.92 Å². The lowest BCUT2D eigenvalue weighted by atomic mass is 9.98. The van der Waals surface area contributed by atoms with Gasteiger partial charge in [0.1, 0.15) is 0 Å². The van der Waals surface area contributed by atoms with Gasteiger partial charge < -0.3 is 9.84 Å².